The molecule has 2 heterocycles. The first-order valence-electron chi connectivity index (χ1n) is 14.0. The molecule has 0 spiro atoms. The highest BCUT2D eigenvalue weighted by molar-refractivity contribution is 5.29. The van der Waals surface area contributed by atoms with Crippen LogP contribution in [0.1, 0.15) is 62.3 Å². The van der Waals surface area contributed by atoms with Crippen molar-refractivity contribution in [2.24, 2.45) is 87.8 Å². The van der Waals surface area contributed by atoms with Gasteiger partial charge in [-0.15, -0.1) is 0 Å². The van der Waals surface area contributed by atoms with Gasteiger partial charge in [-0.3, -0.25) is 9.80 Å². The van der Waals surface area contributed by atoms with Crippen LogP contribution in [0.4, 0.5) is 0 Å². The molecule has 0 N–H and O–H groups in total. The molecule has 174 valence electrons. The fourth-order valence-electron chi connectivity index (χ4n) is 12.9. The molecule has 2 nitrogen and oxygen atoms in total. The second kappa shape index (κ2) is 5.76. The van der Waals surface area contributed by atoms with Gasteiger partial charge in [-0.2, -0.15) is 0 Å². The maximum absolute atomic E-state index is 2.96. The van der Waals surface area contributed by atoms with Crippen LogP contribution in [-0.4, -0.2) is 41.6 Å². The molecule has 0 aromatic rings. The Morgan fingerprint density at radius 1 is 0.581 bits per heavy atom. The molecule has 7 aliphatic rings. The first-order valence-corrected chi connectivity index (χ1v) is 14.0. The van der Waals surface area contributed by atoms with Gasteiger partial charge in [0.05, 0.1) is 6.67 Å². The number of rotatable bonds is 0. The standard InChI is InChI=1S/C29H48N2/c1-13-10-31-12-30(17(13)5)11-18-24-23(16(4)27(18)31)28(6,7)25-21-19-14(2)15(3)20(19)22(21)26(25)29(24,8)9/h13-27H,10-12H2,1-9H3. The smallest absolute Gasteiger partial charge is 0.0512 e. The predicted molar refractivity (Wildman–Crippen MR) is 127 cm³/mol. The largest absolute Gasteiger partial charge is 0.287 e. The van der Waals surface area contributed by atoms with E-state index in [1.165, 1.54) is 19.8 Å². The Bertz CT molecular complexity index is 799. The van der Waals surface area contributed by atoms with E-state index in [1.54, 1.807) is 0 Å². The van der Waals surface area contributed by atoms with Gasteiger partial charge >= 0.3 is 0 Å². The lowest BCUT2D eigenvalue weighted by atomic mass is 9.20. The van der Waals surface area contributed by atoms with Gasteiger partial charge in [-0.05, 0) is 94.7 Å². The molecule has 17 unspecified atom stereocenters. The third-order valence-corrected chi connectivity index (χ3v) is 14.0. The molecule has 0 aromatic carbocycles. The van der Waals surface area contributed by atoms with Gasteiger partial charge in [0.25, 0.3) is 0 Å². The first-order chi connectivity index (χ1) is 14.5. The van der Waals surface area contributed by atoms with E-state index in [-0.39, 0.29) is 0 Å². The molecule has 31 heavy (non-hydrogen) atoms. The van der Waals surface area contributed by atoms with Crippen LogP contribution in [0.2, 0.25) is 0 Å². The molecule has 0 amide bonds. The molecule has 5 saturated carbocycles. The average Bonchev–Trinajstić information content (AvgIpc) is 2.99. The van der Waals surface area contributed by atoms with E-state index < -0.39 is 0 Å². The van der Waals surface area contributed by atoms with Crippen molar-refractivity contribution in [3.8, 4) is 0 Å². The lowest BCUT2D eigenvalue weighted by Gasteiger charge is -2.84. The van der Waals surface area contributed by atoms with Crippen molar-refractivity contribution in [1.29, 1.82) is 0 Å². The zero-order chi connectivity index (χ0) is 21.9. The summed E-state index contributed by atoms with van der Waals surface area (Å²) in [6.07, 6.45) is 0. The van der Waals surface area contributed by atoms with Crippen LogP contribution in [0.3, 0.4) is 0 Å². The Labute approximate surface area is 191 Å². The molecule has 7 fully saturated rings. The summed E-state index contributed by atoms with van der Waals surface area (Å²) in [7, 11) is 0. The quantitative estimate of drug-likeness (QED) is 0.503. The molecule has 0 radical (unpaired) electrons. The number of hydrogen-bond acceptors (Lipinski definition) is 2. The van der Waals surface area contributed by atoms with Crippen molar-refractivity contribution in [3.63, 3.8) is 0 Å². The van der Waals surface area contributed by atoms with E-state index in [2.05, 4.69) is 72.1 Å². The van der Waals surface area contributed by atoms with Gasteiger partial charge < -0.3 is 0 Å². The lowest BCUT2D eigenvalue weighted by molar-refractivity contribution is -0.373. The molecule has 17 atom stereocenters. The van der Waals surface area contributed by atoms with Gasteiger partial charge in [0.15, 0.2) is 0 Å². The van der Waals surface area contributed by atoms with E-state index in [9.17, 15) is 0 Å². The SMILES string of the molecule is CC1CN2CN(CC3C2C(C)C2C3C(C)(C)C3C4C5C(C)C(C)C5C4C3C2(C)C)C1C. The van der Waals surface area contributed by atoms with Crippen LogP contribution < -0.4 is 0 Å². The molecule has 2 saturated heterocycles. The van der Waals surface area contributed by atoms with Crippen LogP contribution in [0.25, 0.3) is 0 Å². The fraction of sp³-hybridized carbons (Fsp3) is 1.00. The Morgan fingerprint density at radius 2 is 1.13 bits per heavy atom. The van der Waals surface area contributed by atoms with Crippen molar-refractivity contribution in [2.75, 3.05) is 19.8 Å². The Balaban J connectivity index is 1.30. The molecular weight excluding hydrogens is 376 g/mol. The predicted octanol–water partition coefficient (Wildman–Crippen LogP) is 5.54. The average molecular weight is 425 g/mol. The molecule has 2 bridgehead atoms. The van der Waals surface area contributed by atoms with E-state index >= 15 is 0 Å². The van der Waals surface area contributed by atoms with Gasteiger partial charge in [0.2, 0.25) is 0 Å². The second-order valence-electron chi connectivity index (χ2n) is 15.2. The minimum absolute atomic E-state index is 0.520. The van der Waals surface area contributed by atoms with Crippen LogP contribution in [0, 0.1) is 87.8 Å². The van der Waals surface area contributed by atoms with E-state index in [0.717, 1.165) is 89.0 Å². The van der Waals surface area contributed by atoms with Crippen molar-refractivity contribution >= 4 is 0 Å². The Morgan fingerprint density at radius 3 is 1.71 bits per heavy atom. The summed E-state index contributed by atoms with van der Waals surface area (Å²) < 4.78 is 0. The highest BCUT2D eigenvalue weighted by Crippen LogP contribution is 2.85. The third-order valence-electron chi connectivity index (χ3n) is 14.0. The van der Waals surface area contributed by atoms with Crippen LogP contribution >= 0.6 is 0 Å². The molecule has 7 rings (SSSR count). The Hall–Kier alpha value is -0.0800. The highest BCUT2D eigenvalue weighted by atomic mass is 15.4. The zero-order valence-corrected chi connectivity index (χ0v) is 21.7. The van der Waals surface area contributed by atoms with E-state index in [4.69, 9.17) is 0 Å². The maximum atomic E-state index is 2.96. The summed E-state index contributed by atoms with van der Waals surface area (Å²) in [5, 5.41) is 0. The topological polar surface area (TPSA) is 6.48 Å². The van der Waals surface area contributed by atoms with Crippen molar-refractivity contribution < 1.29 is 0 Å². The third kappa shape index (κ3) is 2.00. The van der Waals surface area contributed by atoms with Crippen molar-refractivity contribution in [3.05, 3.63) is 0 Å². The lowest BCUT2D eigenvalue weighted by Crippen LogP contribution is -2.80. The van der Waals surface area contributed by atoms with Gasteiger partial charge in [-0.25, -0.2) is 0 Å². The number of nitrogens with zero attached hydrogens (tertiary/aromatic N) is 2. The molecular formula is C29H48N2. The number of hydrogen-bond donors (Lipinski definition) is 0. The van der Waals surface area contributed by atoms with Gasteiger partial charge in [0, 0.05) is 25.2 Å². The number of fused-ring (bicyclic) bond motifs is 13. The summed E-state index contributed by atoms with van der Waals surface area (Å²) >= 11 is 0. The van der Waals surface area contributed by atoms with Crippen LogP contribution in [0.5, 0.6) is 0 Å². The van der Waals surface area contributed by atoms with Crippen molar-refractivity contribution in [1.82, 2.24) is 9.80 Å². The summed E-state index contributed by atoms with van der Waals surface area (Å²) in [4.78, 5) is 5.83. The molecule has 2 aliphatic heterocycles. The maximum Gasteiger partial charge on any atom is 0.0512 e. The molecule has 2 heteroatoms. The first kappa shape index (κ1) is 20.3. The normalized spacial score (nSPS) is 68.6. The van der Waals surface area contributed by atoms with Crippen LogP contribution in [0.15, 0.2) is 0 Å². The van der Waals surface area contributed by atoms with Gasteiger partial charge in [0.1, 0.15) is 0 Å². The van der Waals surface area contributed by atoms with Crippen molar-refractivity contribution in [2.45, 2.75) is 74.4 Å². The fourth-order valence-corrected chi connectivity index (χ4v) is 12.9. The monoisotopic (exact) mass is 424 g/mol. The zero-order valence-electron chi connectivity index (χ0n) is 21.7. The summed E-state index contributed by atoms with van der Waals surface area (Å²) in [6, 6.07) is 1.60. The summed E-state index contributed by atoms with van der Waals surface area (Å²) in [5.41, 5.74) is 1.04. The van der Waals surface area contributed by atoms with E-state index in [1.807, 2.05) is 0 Å². The highest BCUT2D eigenvalue weighted by Gasteiger charge is 2.81. The molecule has 5 aliphatic carbocycles. The Kier molecular flexibility index (Phi) is 3.77. The molecule has 0 aromatic heterocycles. The minimum atomic E-state index is 0.520. The van der Waals surface area contributed by atoms with Crippen LogP contribution in [-0.2, 0) is 0 Å². The summed E-state index contributed by atoms with van der Waals surface area (Å²) in [5.74, 6) is 12.7. The minimum Gasteiger partial charge on any atom is -0.287 e. The second-order valence-corrected chi connectivity index (χ2v) is 15.2. The van der Waals surface area contributed by atoms with E-state index in [0.29, 0.717) is 10.8 Å². The summed E-state index contributed by atoms with van der Waals surface area (Å²) in [6.45, 7) is 27.8. The van der Waals surface area contributed by atoms with Gasteiger partial charge in [-0.1, -0.05) is 55.4 Å².